The Hall–Kier alpha value is -0.930. The molecule has 10 heavy (non-hydrogen) atoms. The Bertz CT molecular complexity index is 142. The Kier molecular flexibility index (Phi) is 2.99. The van der Waals surface area contributed by atoms with Gasteiger partial charge in [-0.2, -0.15) is 0 Å². The Morgan fingerprint density at radius 1 is 1.60 bits per heavy atom. The summed E-state index contributed by atoms with van der Waals surface area (Å²) in [6.07, 6.45) is 0. The molecule has 58 valence electrons. The molecular weight excluding hydrogens is 134 g/mol. The highest BCUT2D eigenvalue weighted by atomic mass is 16.5. The molecule has 0 atom stereocenters. The maximum Gasteiger partial charge on any atom is 0.337 e. The zero-order chi connectivity index (χ0) is 8.20. The van der Waals surface area contributed by atoms with Crippen LogP contribution in [0.2, 0.25) is 0 Å². The molecule has 0 aliphatic heterocycles. The van der Waals surface area contributed by atoms with Crippen LogP contribution in [-0.4, -0.2) is 18.1 Å². The van der Waals surface area contributed by atoms with Crippen LogP contribution in [0.4, 0.5) is 0 Å². The number of nitrogens with zero attached hydrogens (tertiary/aromatic N) is 1. The normalized spacial score (nSPS) is 10.7. The summed E-state index contributed by atoms with van der Waals surface area (Å²) in [6, 6.07) is 0. The highest BCUT2D eigenvalue weighted by Crippen LogP contribution is 2.09. The molecule has 0 aromatic heterocycles. The molecule has 0 unspecified atom stereocenters. The van der Waals surface area contributed by atoms with Gasteiger partial charge in [-0.25, -0.2) is 4.79 Å². The van der Waals surface area contributed by atoms with Gasteiger partial charge in [0.25, 0.3) is 0 Å². The molecule has 0 fully saturated rings. The van der Waals surface area contributed by atoms with Crippen LogP contribution < -0.4 is 0 Å². The summed E-state index contributed by atoms with van der Waals surface area (Å²) >= 11 is 0. The van der Waals surface area contributed by atoms with E-state index >= 15 is 0 Å². The first-order valence-corrected chi connectivity index (χ1v) is 3.06. The fourth-order valence-electron chi connectivity index (χ4n) is 0.345. The number of carbonyl (C=O) groups excluding carboxylic acids is 1. The van der Waals surface area contributed by atoms with Crippen LogP contribution in [0.15, 0.2) is 5.18 Å². The third-order valence-electron chi connectivity index (χ3n) is 1.00. The summed E-state index contributed by atoms with van der Waals surface area (Å²) in [5.74, 6) is -0.579. The topological polar surface area (TPSA) is 55.7 Å². The zero-order valence-electron chi connectivity index (χ0n) is 6.38. The van der Waals surface area contributed by atoms with E-state index in [9.17, 15) is 9.70 Å². The number of rotatable bonds is 3. The lowest BCUT2D eigenvalue weighted by Gasteiger charge is -2.11. The number of carbonyl (C=O) groups is 1. The van der Waals surface area contributed by atoms with Gasteiger partial charge in [0, 0.05) is 0 Å². The van der Waals surface area contributed by atoms with Crippen LogP contribution in [0.25, 0.3) is 0 Å². The molecule has 0 heterocycles. The van der Waals surface area contributed by atoms with Crippen LogP contribution >= 0.6 is 0 Å². The molecule has 0 bridgehead atoms. The van der Waals surface area contributed by atoms with Gasteiger partial charge in [-0.15, -0.1) is 4.91 Å². The molecule has 4 heteroatoms. The lowest BCUT2D eigenvalue weighted by Crippen LogP contribution is -2.30. The first-order valence-electron chi connectivity index (χ1n) is 3.06. The van der Waals surface area contributed by atoms with E-state index in [1.165, 1.54) is 13.8 Å². The second-order valence-corrected chi connectivity index (χ2v) is 2.37. The van der Waals surface area contributed by atoms with Gasteiger partial charge in [-0.05, 0) is 20.8 Å². The largest absolute Gasteiger partial charge is 0.464 e. The Balaban J connectivity index is 4.04. The quantitative estimate of drug-likeness (QED) is 0.441. The minimum Gasteiger partial charge on any atom is -0.464 e. The van der Waals surface area contributed by atoms with Crippen molar-refractivity contribution in [1.82, 2.24) is 0 Å². The van der Waals surface area contributed by atoms with Gasteiger partial charge < -0.3 is 4.74 Å². The number of esters is 1. The summed E-state index contributed by atoms with van der Waals surface area (Å²) < 4.78 is 4.56. The highest BCUT2D eigenvalue weighted by Gasteiger charge is 2.30. The van der Waals surface area contributed by atoms with E-state index in [4.69, 9.17) is 0 Å². The predicted molar refractivity (Wildman–Crippen MR) is 36.5 cm³/mol. The number of nitroso groups, excluding NO2 is 1. The van der Waals surface area contributed by atoms with Gasteiger partial charge >= 0.3 is 5.97 Å². The van der Waals surface area contributed by atoms with E-state index in [0.29, 0.717) is 0 Å². The molecule has 4 nitrogen and oxygen atoms in total. The average molecular weight is 145 g/mol. The molecule has 0 aliphatic carbocycles. The van der Waals surface area contributed by atoms with Crippen molar-refractivity contribution in [3.63, 3.8) is 0 Å². The lowest BCUT2D eigenvalue weighted by atomic mass is 10.1. The second kappa shape index (κ2) is 3.29. The molecule has 0 aliphatic rings. The minimum atomic E-state index is -1.24. The standard InChI is InChI=1S/C6H11NO3/c1-4-10-5(8)6(2,3)7-9/h4H2,1-3H3. The second-order valence-electron chi connectivity index (χ2n) is 2.37. The highest BCUT2D eigenvalue weighted by molar-refractivity contribution is 5.79. The zero-order valence-corrected chi connectivity index (χ0v) is 6.38. The predicted octanol–water partition coefficient (Wildman–Crippen LogP) is 1.09. The van der Waals surface area contributed by atoms with Gasteiger partial charge in [0.2, 0.25) is 0 Å². The molecule has 0 rings (SSSR count). The summed E-state index contributed by atoms with van der Waals surface area (Å²) in [5, 5.41) is 2.61. The monoisotopic (exact) mass is 145 g/mol. The van der Waals surface area contributed by atoms with Crippen LogP contribution in [0.1, 0.15) is 20.8 Å². The van der Waals surface area contributed by atoms with Crippen molar-refractivity contribution >= 4 is 5.97 Å². The summed E-state index contributed by atoms with van der Waals surface area (Å²) in [5.41, 5.74) is -1.24. The van der Waals surface area contributed by atoms with E-state index in [-0.39, 0.29) is 6.61 Å². The molecule has 0 amide bonds. The van der Waals surface area contributed by atoms with Crippen molar-refractivity contribution < 1.29 is 9.53 Å². The Morgan fingerprint density at radius 3 is 2.40 bits per heavy atom. The average Bonchev–Trinajstić information content (AvgIpc) is 1.89. The van der Waals surface area contributed by atoms with E-state index in [2.05, 4.69) is 9.91 Å². The third-order valence-corrected chi connectivity index (χ3v) is 1.00. The summed E-state index contributed by atoms with van der Waals surface area (Å²) in [6.45, 7) is 4.78. The summed E-state index contributed by atoms with van der Waals surface area (Å²) in [4.78, 5) is 20.8. The van der Waals surface area contributed by atoms with Crippen molar-refractivity contribution in [3.05, 3.63) is 4.91 Å². The van der Waals surface area contributed by atoms with Crippen molar-refractivity contribution in [2.75, 3.05) is 6.61 Å². The van der Waals surface area contributed by atoms with Crippen LogP contribution in [-0.2, 0) is 9.53 Å². The fraction of sp³-hybridized carbons (Fsp3) is 0.833. The number of hydrogen-bond donors (Lipinski definition) is 0. The maximum absolute atomic E-state index is 10.8. The van der Waals surface area contributed by atoms with Gasteiger partial charge in [-0.3, -0.25) is 0 Å². The summed E-state index contributed by atoms with van der Waals surface area (Å²) in [7, 11) is 0. The Morgan fingerprint density at radius 2 is 2.10 bits per heavy atom. The minimum absolute atomic E-state index is 0.276. The first kappa shape index (κ1) is 9.07. The van der Waals surface area contributed by atoms with E-state index in [1.807, 2.05) is 0 Å². The number of hydrogen-bond acceptors (Lipinski definition) is 4. The van der Waals surface area contributed by atoms with E-state index < -0.39 is 11.5 Å². The lowest BCUT2D eigenvalue weighted by molar-refractivity contribution is -0.148. The molecule has 0 spiro atoms. The SMILES string of the molecule is CCOC(=O)C(C)(C)N=O. The Labute approximate surface area is 59.5 Å². The van der Waals surface area contributed by atoms with Crippen molar-refractivity contribution in [2.45, 2.75) is 26.3 Å². The van der Waals surface area contributed by atoms with Crippen LogP contribution in [0.5, 0.6) is 0 Å². The first-order chi connectivity index (χ1) is 4.54. The molecule has 0 aromatic rings. The van der Waals surface area contributed by atoms with Gasteiger partial charge in [0.1, 0.15) is 0 Å². The molecule has 0 saturated carbocycles. The van der Waals surface area contributed by atoms with E-state index in [0.717, 1.165) is 0 Å². The van der Waals surface area contributed by atoms with Gasteiger partial charge in [-0.1, -0.05) is 5.18 Å². The fourth-order valence-corrected chi connectivity index (χ4v) is 0.345. The molecule has 0 radical (unpaired) electrons. The smallest absolute Gasteiger partial charge is 0.337 e. The molecule has 0 saturated heterocycles. The van der Waals surface area contributed by atoms with E-state index in [1.54, 1.807) is 6.92 Å². The molecule has 0 N–H and O–H groups in total. The maximum atomic E-state index is 10.8. The van der Waals surface area contributed by atoms with Crippen molar-refractivity contribution in [2.24, 2.45) is 5.18 Å². The van der Waals surface area contributed by atoms with Gasteiger partial charge in [0.15, 0.2) is 5.54 Å². The van der Waals surface area contributed by atoms with Gasteiger partial charge in [0.05, 0.1) is 6.61 Å². The van der Waals surface area contributed by atoms with Crippen molar-refractivity contribution in [1.29, 1.82) is 0 Å². The molecule has 0 aromatic carbocycles. The van der Waals surface area contributed by atoms with Crippen LogP contribution in [0, 0.1) is 4.91 Å². The number of ether oxygens (including phenoxy) is 1. The third kappa shape index (κ3) is 2.13. The van der Waals surface area contributed by atoms with Crippen LogP contribution in [0.3, 0.4) is 0 Å². The van der Waals surface area contributed by atoms with Crippen molar-refractivity contribution in [3.8, 4) is 0 Å². The molecular formula is C6H11NO3.